The van der Waals surface area contributed by atoms with Crippen LogP contribution in [0.25, 0.3) is 0 Å². The maximum atomic E-state index is 6.35. The van der Waals surface area contributed by atoms with Crippen molar-refractivity contribution in [3.8, 4) is 0 Å². The zero-order valence-electron chi connectivity index (χ0n) is 11.3. The molecule has 0 bridgehead atoms. The van der Waals surface area contributed by atoms with Gasteiger partial charge in [-0.2, -0.15) is 0 Å². The quantitative estimate of drug-likeness (QED) is 0.762. The number of likely N-dealkylation sites (tertiary alicyclic amines) is 1. The van der Waals surface area contributed by atoms with Crippen molar-refractivity contribution in [2.24, 2.45) is 5.73 Å². The monoisotopic (exact) mass is 241 g/mol. The van der Waals surface area contributed by atoms with Crippen LogP contribution in [0.3, 0.4) is 0 Å². The molecule has 0 amide bonds. The summed E-state index contributed by atoms with van der Waals surface area (Å²) in [5.74, 6) is 0. The Morgan fingerprint density at radius 3 is 2.76 bits per heavy atom. The van der Waals surface area contributed by atoms with Crippen LogP contribution in [-0.4, -0.2) is 67.3 Å². The van der Waals surface area contributed by atoms with E-state index in [2.05, 4.69) is 23.6 Å². The highest BCUT2D eigenvalue weighted by atomic mass is 16.5. The highest BCUT2D eigenvalue weighted by Gasteiger charge is 2.35. The summed E-state index contributed by atoms with van der Waals surface area (Å²) in [6.07, 6.45) is 2.30. The molecule has 100 valence electrons. The molecule has 2 rings (SSSR count). The molecule has 0 spiro atoms. The Morgan fingerprint density at radius 1 is 1.41 bits per heavy atom. The molecule has 2 N–H and O–H groups in total. The molecule has 4 nitrogen and oxygen atoms in total. The lowest BCUT2D eigenvalue weighted by atomic mass is 10.00. The van der Waals surface area contributed by atoms with Crippen LogP contribution in [0.5, 0.6) is 0 Å². The molecule has 2 aliphatic heterocycles. The van der Waals surface area contributed by atoms with E-state index in [-0.39, 0.29) is 5.54 Å². The summed E-state index contributed by atoms with van der Waals surface area (Å²) in [5.41, 5.74) is 6.26. The Kier molecular flexibility index (Phi) is 4.42. The lowest BCUT2D eigenvalue weighted by Gasteiger charge is -2.30. The first-order valence-electron chi connectivity index (χ1n) is 7.00. The summed E-state index contributed by atoms with van der Waals surface area (Å²) >= 11 is 0. The van der Waals surface area contributed by atoms with Gasteiger partial charge in [0.25, 0.3) is 0 Å². The molecule has 2 fully saturated rings. The molecular weight excluding hydrogens is 214 g/mol. The van der Waals surface area contributed by atoms with E-state index in [4.69, 9.17) is 10.5 Å². The average molecular weight is 241 g/mol. The van der Waals surface area contributed by atoms with Gasteiger partial charge >= 0.3 is 0 Å². The minimum atomic E-state index is -0.0852. The maximum Gasteiger partial charge on any atom is 0.0659 e. The lowest BCUT2D eigenvalue weighted by molar-refractivity contribution is 0.155. The summed E-state index contributed by atoms with van der Waals surface area (Å²) in [5, 5.41) is 0. The van der Waals surface area contributed by atoms with Crippen LogP contribution in [0, 0.1) is 0 Å². The van der Waals surface area contributed by atoms with E-state index >= 15 is 0 Å². The predicted molar refractivity (Wildman–Crippen MR) is 70.1 cm³/mol. The molecule has 2 unspecified atom stereocenters. The number of hydrogen-bond donors (Lipinski definition) is 1. The molecule has 2 aliphatic rings. The number of nitrogens with two attached hydrogens (primary N) is 1. The SMILES string of the molecule is CCN(CC)C1CCN(CC2(N)CCOC2)C1. The largest absolute Gasteiger partial charge is 0.379 e. The zero-order chi connectivity index (χ0) is 12.3. The molecular formula is C13H27N3O. The smallest absolute Gasteiger partial charge is 0.0659 e. The third kappa shape index (κ3) is 3.19. The summed E-state index contributed by atoms with van der Waals surface area (Å²) < 4.78 is 5.42. The van der Waals surface area contributed by atoms with Crippen molar-refractivity contribution in [2.45, 2.75) is 38.3 Å². The van der Waals surface area contributed by atoms with Gasteiger partial charge in [-0.3, -0.25) is 9.80 Å². The van der Waals surface area contributed by atoms with Gasteiger partial charge in [-0.05, 0) is 32.5 Å². The van der Waals surface area contributed by atoms with E-state index in [1.807, 2.05) is 0 Å². The summed E-state index contributed by atoms with van der Waals surface area (Å²) in [4.78, 5) is 5.09. The highest BCUT2D eigenvalue weighted by Crippen LogP contribution is 2.21. The Balaban J connectivity index is 1.81. The Hall–Kier alpha value is -0.160. The first-order chi connectivity index (χ1) is 8.17. The molecule has 0 aliphatic carbocycles. The van der Waals surface area contributed by atoms with Gasteiger partial charge in [0, 0.05) is 25.7 Å². The standard InChI is InChI=1S/C13H27N3O/c1-3-16(4-2)12-5-7-15(9-12)10-13(14)6-8-17-11-13/h12H,3-11,14H2,1-2H3. The first-order valence-corrected chi connectivity index (χ1v) is 7.00. The van der Waals surface area contributed by atoms with Crippen LogP contribution in [0.2, 0.25) is 0 Å². The Bertz CT molecular complexity index is 237. The van der Waals surface area contributed by atoms with Gasteiger partial charge in [-0.1, -0.05) is 13.8 Å². The topological polar surface area (TPSA) is 41.7 Å². The van der Waals surface area contributed by atoms with E-state index in [0.29, 0.717) is 0 Å². The maximum absolute atomic E-state index is 6.35. The third-order valence-corrected chi connectivity index (χ3v) is 4.25. The fourth-order valence-electron chi connectivity index (χ4n) is 3.19. The fraction of sp³-hybridized carbons (Fsp3) is 1.00. The molecule has 4 heteroatoms. The number of likely N-dealkylation sites (N-methyl/N-ethyl adjacent to an activating group) is 1. The van der Waals surface area contributed by atoms with Crippen LogP contribution >= 0.6 is 0 Å². The van der Waals surface area contributed by atoms with E-state index in [9.17, 15) is 0 Å². The second-order valence-electron chi connectivity index (χ2n) is 5.56. The summed E-state index contributed by atoms with van der Waals surface area (Å²) in [6, 6.07) is 0.732. The molecule has 2 heterocycles. The van der Waals surface area contributed by atoms with Gasteiger partial charge < -0.3 is 10.5 Å². The van der Waals surface area contributed by atoms with Gasteiger partial charge in [0.05, 0.1) is 12.1 Å². The fourth-order valence-corrected chi connectivity index (χ4v) is 3.19. The summed E-state index contributed by atoms with van der Waals surface area (Å²) in [6.45, 7) is 11.8. The van der Waals surface area contributed by atoms with Crippen LogP contribution in [-0.2, 0) is 4.74 Å². The first kappa shape index (κ1) is 13.3. The highest BCUT2D eigenvalue weighted by molar-refractivity contribution is 4.94. The average Bonchev–Trinajstić information content (AvgIpc) is 2.91. The third-order valence-electron chi connectivity index (χ3n) is 4.25. The Morgan fingerprint density at radius 2 is 2.18 bits per heavy atom. The second-order valence-corrected chi connectivity index (χ2v) is 5.56. The van der Waals surface area contributed by atoms with E-state index in [1.165, 1.54) is 19.5 Å². The van der Waals surface area contributed by atoms with Crippen molar-refractivity contribution >= 4 is 0 Å². The lowest BCUT2D eigenvalue weighted by Crippen LogP contribution is -2.50. The van der Waals surface area contributed by atoms with Gasteiger partial charge in [0.2, 0.25) is 0 Å². The van der Waals surface area contributed by atoms with Crippen molar-refractivity contribution < 1.29 is 4.74 Å². The van der Waals surface area contributed by atoms with Gasteiger partial charge in [0.15, 0.2) is 0 Å². The Labute approximate surface area is 105 Å². The van der Waals surface area contributed by atoms with E-state index < -0.39 is 0 Å². The minimum Gasteiger partial charge on any atom is -0.379 e. The van der Waals surface area contributed by atoms with Crippen LogP contribution in [0.15, 0.2) is 0 Å². The molecule has 2 atom stereocenters. The number of rotatable bonds is 5. The van der Waals surface area contributed by atoms with Crippen LogP contribution in [0.4, 0.5) is 0 Å². The molecule has 2 saturated heterocycles. The summed E-state index contributed by atoms with van der Waals surface area (Å²) in [7, 11) is 0. The zero-order valence-corrected chi connectivity index (χ0v) is 11.3. The van der Waals surface area contributed by atoms with Crippen molar-refractivity contribution in [3.05, 3.63) is 0 Å². The van der Waals surface area contributed by atoms with Crippen LogP contribution < -0.4 is 5.73 Å². The van der Waals surface area contributed by atoms with Crippen molar-refractivity contribution in [1.82, 2.24) is 9.80 Å². The molecule has 0 saturated carbocycles. The van der Waals surface area contributed by atoms with E-state index in [1.54, 1.807) is 0 Å². The second kappa shape index (κ2) is 5.65. The molecule has 0 aromatic heterocycles. The normalized spacial score (nSPS) is 34.9. The van der Waals surface area contributed by atoms with Gasteiger partial charge in [0.1, 0.15) is 0 Å². The van der Waals surface area contributed by atoms with Crippen molar-refractivity contribution in [3.63, 3.8) is 0 Å². The number of ether oxygens (including phenoxy) is 1. The molecule has 0 radical (unpaired) electrons. The number of hydrogen-bond acceptors (Lipinski definition) is 4. The number of nitrogens with zero attached hydrogens (tertiary/aromatic N) is 2. The van der Waals surface area contributed by atoms with Crippen LogP contribution in [0.1, 0.15) is 26.7 Å². The van der Waals surface area contributed by atoms with Gasteiger partial charge in [-0.15, -0.1) is 0 Å². The molecule has 0 aromatic carbocycles. The molecule has 17 heavy (non-hydrogen) atoms. The molecule has 0 aromatic rings. The van der Waals surface area contributed by atoms with E-state index in [0.717, 1.165) is 45.3 Å². The minimum absolute atomic E-state index is 0.0852. The van der Waals surface area contributed by atoms with Crippen molar-refractivity contribution in [1.29, 1.82) is 0 Å². The predicted octanol–water partition coefficient (Wildman–Crippen LogP) is 0.520. The van der Waals surface area contributed by atoms with Crippen molar-refractivity contribution in [2.75, 3.05) is 45.9 Å². The van der Waals surface area contributed by atoms with Gasteiger partial charge in [-0.25, -0.2) is 0 Å².